The molecule has 0 saturated carbocycles. The van der Waals surface area contributed by atoms with Gasteiger partial charge >= 0.3 is 12.0 Å². The molecule has 2 heterocycles. The molecule has 180 valence electrons. The number of esters is 1. The maximum absolute atomic E-state index is 13.5. The molecule has 0 saturated heterocycles. The first kappa shape index (κ1) is 24.2. The number of amidine groups is 1. The number of hydrogen-bond acceptors (Lipinski definition) is 6. The van der Waals surface area contributed by atoms with E-state index in [4.69, 9.17) is 4.74 Å². The Labute approximate surface area is 205 Å². The maximum Gasteiger partial charge on any atom is 0.337 e. The van der Waals surface area contributed by atoms with Crippen molar-refractivity contribution in [3.8, 4) is 0 Å². The van der Waals surface area contributed by atoms with Gasteiger partial charge in [0, 0.05) is 11.4 Å². The van der Waals surface area contributed by atoms with Crippen molar-refractivity contribution >= 4 is 46.6 Å². The first-order chi connectivity index (χ1) is 16.9. The number of nitrogens with zero attached hydrogens (tertiary/aromatic N) is 2. The van der Waals surface area contributed by atoms with Gasteiger partial charge in [-0.1, -0.05) is 42.1 Å². The zero-order chi connectivity index (χ0) is 24.9. The average Bonchev–Trinajstić information content (AvgIpc) is 3.13. The summed E-state index contributed by atoms with van der Waals surface area (Å²) in [5.41, 5.74) is 2.14. The second-order valence-electron chi connectivity index (χ2n) is 7.67. The van der Waals surface area contributed by atoms with Crippen LogP contribution in [0.5, 0.6) is 0 Å². The van der Waals surface area contributed by atoms with E-state index in [1.807, 2.05) is 30.3 Å². The van der Waals surface area contributed by atoms with E-state index < -0.39 is 23.9 Å². The molecule has 2 aromatic carbocycles. The SMILES string of the molecule is CCOC(=O)C1=C(CSC2=N/C(=C/c3ccccc3)C(=O)N2c2ccc(F)cc2)NC(=O)N[C@@H]1C. The molecule has 0 aromatic heterocycles. The Morgan fingerprint density at radius 3 is 2.57 bits per heavy atom. The van der Waals surface area contributed by atoms with Crippen LogP contribution < -0.4 is 15.5 Å². The third-order valence-corrected chi connectivity index (χ3v) is 6.19. The van der Waals surface area contributed by atoms with Crippen molar-refractivity contribution in [2.24, 2.45) is 4.99 Å². The number of aliphatic imine (C=N–C) groups is 1. The highest BCUT2D eigenvalue weighted by molar-refractivity contribution is 8.14. The van der Waals surface area contributed by atoms with Crippen LogP contribution in [-0.2, 0) is 14.3 Å². The van der Waals surface area contributed by atoms with E-state index >= 15 is 0 Å². The van der Waals surface area contributed by atoms with E-state index in [2.05, 4.69) is 15.6 Å². The second-order valence-corrected chi connectivity index (χ2v) is 8.62. The van der Waals surface area contributed by atoms with Crippen LogP contribution in [0.25, 0.3) is 6.08 Å². The predicted octanol–water partition coefficient (Wildman–Crippen LogP) is 3.82. The molecule has 10 heteroatoms. The van der Waals surface area contributed by atoms with Crippen molar-refractivity contribution in [2.45, 2.75) is 19.9 Å². The number of carbonyl (C=O) groups excluding carboxylic acids is 3. The van der Waals surface area contributed by atoms with Crippen LogP contribution in [0.1, 0.15) is 19.4 Å². The van der Waals surface area contributed by atoms with Crippen LogP contribution in [0.2, 0.25) is 0 Å². The van der Waals surface area contributed by atoms with Crippen molar-refractivity contribution in [1.29, 1.82) is 0 Å². The van der Waals surface area contributed by atoms with Gasteiger partial charge in [0.1, 0.15) is 11.5 Å². The number of amides is 3. The first-order valence-electron chi connectivity index (χ1n) is 10.9. The molecule has 0 aliphatic carbocycles. The smallest absolute Gasteiger partial charge is 0.337 e. The number of carbonyl (C=O) groups is 3. The summed E-state index contributed by atoms with van der Waals surface area (Å²) in [6.07, 6.45) is 1.67. The highest BCUT2D eigenvalue weighted by atomic mass is 32.2. The lowest BCUT2D eigenvalue weighted by Gasteiger charge is -2.27. The topological polar surface area (TPSA) is 100 Å². The molecule has 35 heavy (non-hydrogen) atoms. The normalized spacial score (nSPS) is 18.9. The van der Waals surface area contributed by atoms with Crippen molar-refractivity contribution in [3.05, 3.63) is 82.9 Å². The Bertz CT molecular complexity index is 1240. The fourth-order valence-corrected chi connectivity index (χ4v) is 4.63. The fourth-order valence-electron chi connectivity index (χ4n) is 3.65. The predicted molar refractivity (Wildman–Crippen MR) is 133 cm³/mol. The summed E-state index contributed by atoms with van der Waals surface area (Å²) in [5.74, 6) is -1.19. The van der Waals surface area contributed by atoms with Gasteiger partial charge in [0.25, 0.3) is 5.91 Å². The molecule has 2 aromatic rings. The van der Waals surface area contributed by atoms with Crippen molar-refractivity contribution in [2.75, 3.05) is 17.3 Å². The molecule has 2 aliphatic heterocycles. The molecule has 4 rings (SSSR count). The Morgan fingerprint density at radius 2 is 1.89 bits per heavy atom. The molecule has 0 fully saturated rings. The zero-order valence-electron chi connectivity index (χ0n) is 19.1. The number of benzene rings is 2. The van der Waals surface area contributed by atoms with E-state index in [-0.39, 0.29) is 24.0 Å². The molecule has 3 amide bonds. The van der Waals surface area contributed by atoms with Crippen molar-refractivity contribution in [3.63, 3.8) is 0 Å². The van der Waals surface area contributed by atoms with Crippen LogP contribution in [0, 0.1) is 5.82 Å². The molecular formula is C25H23FN4O4S. The standard InChI is InChI=1S/C25H23FN4O4S/c1-3-34-23(32)21-15(2)27-24(33)28-20(21)14-35-25-29-19(13-16-7-5-4-6-8-16)22(31)30(25)18-11-9-17(26)10-12-18/h4-13,15H,3,14H2,1-2H3,(H2,27,28,33)/b19-13+/t15-/m1/s1. The third-order valence-electron chi connectivity index (χ3n) is 5.23. The van der Waals surface area contributed by atoms with Gasteiger partial charge in [-0.2, -0.15) is 0 Å². The summed E-state index contributed by atoms with van der Waals surface area (Å²) in [4.78, 5) is 43.8. The number of halogens is 1. The summed E-state index contributed by atoms with van der Waals surface area (Å²) >= 11 is 1.17. The van der Waals surface area contributed by atoms with Crippen LogP contribution >= 0.6 is 11.8 Å². The lowest BCUT2D eigenvalue weighted by molar-refractivity contribution is -0.139. The average molecular weight is 495 g/mol. The summed E-state index contributed by atoms with van der Waals surface area (Å²) in [6, 6.07) is 13.8. The zero-order valence-corrected chi connectivity index (χ0v) is 19.9. The second kappa shape index (κ2) is 10.6. The van der Waals surface area contributed by atoms with E-state index in [9.17, 15) is 18.8 Å². The van der Waals surface area contributed by atoms with E-state index in [1.165, 1.54) is 40.9 Å². The van der Waals surface area contributed by atoms with Gasteiger partial charge in [0.05, 0.1) is 23.9 Å². The number of nitrogens with one attached hydrogen (secondary N) is 2. The number of hydrogen-bond donors (Lipinski definition) is 2. The Balaban J connectivity index is 1.68. The third kappa shape index (κ3) is 5.43. The van der Waals surface area contributed by atoms with Crippen LogP contribution in [-0.4, -0.2) is 41.5 Å². The summed E-state index contributed by atoms with van der Waals surface area (Å²) < 4.78 is 18.7. The molecule has 1 atom stereocenters. The molecule has 2 N–H and O–H groups in total. The van der Waals surface area contributed by atoms with Crippen LogP contribution in [0.15, 0.2) is 76.6 Å². The fraction of sp³-hybridized carbons (Fsp3) is 0.200. The minimum atomic E-state index is -0.549. The molecule has 0 spiro atoms. The summed E-state index contributed by atoms with van der Waals surface area (Å²) in [7, 11) is 0. The Kier molecular flexibility index (Phi) is 7.31. The van der Waals surface area contributed by atoms with Gasteiger partial charge < -0.3 is 15.4 Å². The number of urea groups is 1. The number of thioether (sulfide) groups is 1. The van der Waals surface area contributed by atoms with E-state index in [1.54, 1.807) is 19.9 Å². The molecule has 2 aliphatic rings. The highest BCUT2D eigenvalue weighted by Crippen LogP contribution is 2.31. The highest BCUT2D eigenvalue weighted by Gasteiger charge is 2.34. The molecule has 8 nitrogen and oxygen atoms in total. The molecule has 0 radical (unpaired) electrons. The van der Waals surface area contributed by atoms with Gasteiger partial charge in [-0.25, -0.2) is 19.0 Å². The molecule has 0 unspecified atom stereocenters. The van der Waals surface area contributed by atoms with Crippen molar-refractivity contribution in [1.82, 2.24) is 10.6 Å². The lowest BCUT2D eigenvalue weighted by Crippen LogP contribution is -2.49. The number of anilines is 1. The Morgan fingerprint density at radius 1 is 1.17 bits per heavy atom. The minimum absolute atomic E-state index is 0.147. The van der Waals surface area contributed by atoms with Gasteiger partial charge in [0.2, 0.25) is 0 Å². The van der Waals surface area contributed by atoms with Gasteiger partial charge in [0.15, 0.2) is 5.17 Å². The molecular weight excluding hydrogens is 471 g/mol. The van der Waals surface area contributed by atoms with Gasteiger partial charge in [-0.15, -0.1) is 0 Å². The quantitative estimate of drug-likeness (QED) is 0.470. The first-order valence-corrected chi connectivity index (χ1v) is 11.9. The maximum atomic E-state index is 13.5. The molecule has 0 bridgehead atoms. The van der Waals surface area contributed by atoms with Gasteiger partial charge in [-0.05, 0) is 49.8 Å². The summed E-state index contributed by atoms with van der Waals surface area (Å²) in [5, 5.41) is 5.65. The largest absolute Gasteiger partial charge is 0.463 e. The monoisotopic (exact) mass is 494 g/mol. The van der Waals surface area contributed by atoms with Crippen molar-refractivity contribution < 1.29 is 23.5 Å². The van der Waals surface area contributed by atoms with E-state index in [0.29, 0.717) is 22.1 Å². The van der Waals surface area contributed by atoms with Gasteiger partial charge in [-0.3, -0.25) is 9.69 Å². The van der Waals surface area contributed by atoms with E-state index in [0.717, 1.165) is 5.56 Å². The number of rotatable bonds is 6. The lowest BCUT2D eigenvalue weighted by atomic mass is 10.1. The van der Waals surface area contributed by atoms with Crippen LogP contribution in [0.4, 0.5) is 14.9 Å². The Hall–Kier alpha value is -3.92. The van der Waals surface area contributed by atoms with Crippen LogP contribution in [0.3, 0.4) is 0 Å². The minimum Gasteiger partial charge on any atom is -0.463 e. The summed E-state index contributed by atoms with van der Waals surface area (Å²) in [6.45, 7) is 3.58. The number of ether oxygens (including phenoxy) is 1.